The number of aryl methyl sites for hydroxylation is 2. The van der Waals surface area contributed by atoms with Crippen LogP contribution < -0.4 is 14.4 Å². The Morgan fingerprint density at radius 2 is 1.72 bits per heavy atom. The lowest BCUT2D eigenvalue weighted by molar-refractivity contribution is -0.122. The standard InChI is InChI=1S/C26H30N2O3S/c1-17-10-12-19(13-11-17)24-18(2)32-26(27-24)28(25(29)20-8-6-5-7-9-20)22-15-14-21(30-3)16-23(22)31-4/h10-16,20H,5-9H2,1-4H3. The van der Waals surface area contributed by atoms with Crippen molar-refractivity contribution >= 4 is 28.1 Å². The number of nitrogens with zero attached hydrogens (tertiary/aromatic N) is 2. The van der Waals surface area contributed by atoms with Crippen LogP contribution in [0.25, 0.3) is 11.3 Å². The SMILES string of the molecule is COc1ccc(N(C(=O)C2CCCCC2)c2nc(-c3ccc(C)cc3)c(C)s2)c(OC)c1. The third-order valence-electron chi connectivity index (χ3n) is 6.10. The summed E-state index contributed by atoms with van der Waals surface area (Å²) in [6, 6.07) is 13.9. The lowest BCUT2D eigenvalue weighted by atomic mass is 9.88. The van der Waals surface area contributed by atoms with E-state index in [0.717, 1.165) is 41.8 Å². The molecule has 0 saturated heterocycles. The molecule has 1 aromatic heterocycles. The lowest BCUT2D eigenvalue weighted by Gasteiger charge is -2.28. The number of aromatic nitrogens is 1. The zero-order valence-electron chi connectivity index (χ0n) is 19.2. The zero-order valence-corrected chi connectivity index (χ0v) is 20.0. The molecular weight excluding hydrogens is 420 g/mol. The van der Waals surface area contributed by atoms with Gasteiger partial charge in [-0.1, -0.05) is 49.1 Å². The first-order valence-electron chi connectivity index (χ1n) is 11.1. The van der Waals surface area contributed by atoms with Crippen molar-refractivity contribution in [3.8, 4) is 22.8 Å². The van der Waals surface area contributed by atoms with Crippen LogP contribution in [0.15, 0.2) is 42.5 Å². The summed E-state index contributed by atoms with van der Waals surface area (Å²) in [5, 5.41) is 0.678. The van der Waals surface area contributed by atoms with E-state index in [1.54, 1.807) is 30.5 Å². The van der Waals surface area contributed by atoms with Gasteiger partial charge in [-0.05, 0) is 38.8 Å². The quantitative estimate of drug-likeness (QED) is 0.420. The van der Waals surface area contributed by atoms with Crippen molar-refractivity contribution < 1.29 is 14.3 Å². The number of benzene rings is 2. The lowest BCUT2D eigenvalue weighted by Crippen LogP contribution is -2.33. The Bertz CT molecular complexity index is 1080. The molecule has 1 fully saturated rings. The normalized spacial score (nSPS) is 14.2. The van der Waals surface area contributed by atoms with Crippen molar-refractivity contribution in [1.82, 2.24) is 4.98 Å². The molecule has 168 valence electrons. The number of methoxy groups -OCH3 is 2. The van der Waals surface area contributed by atoms with Gasteiger partial charge < -0.3 is 9.47 Å². The van der Waals surface area contributed by atoms with Gasteiger partial charge in [-0.25, -0.2) is 4.98 Å². The van der Waals surface area contributed by atoms with Gasteiger partial charge in [0.2, 0.25) is 5.91 Å². The van der Waals surface area contributed by atoms with Gasteiger partial charge in [-0.15, -0.1) is 11.3 Å². The predicted octanol–water partition coefficient (Wildman–Crippen LogP) is 6.69. The number of thiazole rings is 1. The van der Waals surface area contributed by atoms with E-state index in [1.165, 1.54) is 12.0 Å². The molecule has 1 saturated carbocycles. The smallest absolute Gasteiger partial charge is 0.236 e. The predicted molar refractivity (Wildman–Crippen MR) is 130 cm³/mol. The summed E-state index contributed by atoms with van der Waals surface area (Å²) < 4.78 is 11.0. The average molecular weight is 451 g/mol. The number of rotatable bonds is 6. The van der Waals surface area contributed by atoms with Crippen LogP contribution >= 0.6 is 11.3 Å². The molecule has 0 radical (unpaired) electrons. The van der Waals surface area contributed by atoms with E-state index in [-0.39, 0.29) is 11.8 Å². The summed E-state index contributed by atoms with van der Waals surface area (Å²) >= 11 is 1.54. The minimum absolute atomic E-state index is 0.00240. The minimum Gasteiger partial charge on any atom is -0.497 e. The van der Waals surface area contributed by atoms with Crippen molar-refractivity contribution in [2.24, 2.45) is 5.92 Å². The molecule has 32 heavy (non-hydrogen) atoms. The molecule has 0 aliphatic heterocycles. The van der Waals surface area contributed by atoms with E-state index in [0.29, 0.717) is 22.3 Å². The van der Waals surface area contributed by atoms with Crippen LogP contribution in [-0.2, 0) is 4.79 Å². The van der Waals surface area contributed by atoms with Crippen molar-refractivity contribution in [3.63, 3.8) is 0 Å². The van der Waals surface area contributed by atoms with Crippen LogP contribution in [0.2, 0.25) is 0 Å². The van der Waals surface area contributed by atoms with Crippen molar-refractivity contribution in [3.05, 3.63) is 52.9 Å². The number of carbonyl (C=O) groups excluding carboxylic acids is 1. The summed E-state index contributed by atoms with van der Waals surface area (Å²) in [6.45, 7) is 4.13. The van der Waals surface area contributed by atoms with Gasteiger partial charge in [0.15, 0.2) is 5.13 Å². The Hall–Kier alpha value is -2.86. The largest absolute Gasteiger partial charge is 0.497 e. The highest BCUT2D eigenvalue weighted by Gasteiger charge is 2.32. The first-order valence-corrected chi connectivity index (χ1v) is 11.9. The second-order valence-electron chi connectivity index (χ2n) is 8.31. The molecule has 3 aromatic rings. The summed E-state index contributed by atoms with van der Waals surface area (Å²) in [5.41, 5.74) is 3.88. The van der Waals surface area contributed by atoms with E-state index < -0.39 is 0 Å². The Morgan fingerprint density at radius 1 is 1.00 bits per heavy atom. The van der Waals surface area contributed by atoms with Gasteiger partial charge in [0, 0.05) is 22.4 Å². The molecule has 1 amide bonds. The Morgan fingerprint density at radius 3 is 2.38 bits per heavy atom. The molecule has 0 spiro atoms. The van der Waals surface area contributed by atoms with E-state index in [4.69, 9.17) is 14.5 Å². The minimum atomic E-state index is 0.00240. The Labute approximate surface area is 194 Å². The molecule has 0 bridgehead atoms. The topological polar surface area (TPSA) is 51.7 Å². The molecule has 1 heterocycles. The maximum absolute atomic E-state index is 13.8. The van der Waals surface area contributed by atoms with Crippen LogP contribution in [0.1, 0.15) is 42.5 Å². The van der Waals surface area contributed by atoms with Crippen LogP contribution in [0.5, 0.6) is 11.5 Å². The summed E-state index contributed by atoms with van der Waals surface area (Å²) in [4.78, 5) is 21.6. The second kappa shape index (κ2) is 9.74. The van der Waals surface area contributed by atoms with E-state index in [9.17, 15) is 4.79 Å². The number of anilines is 2. The highest BCUT2D eigenvalue weighted by molar-refractivity contribution is 7.16. The monoisotopic (exact) mass is 450 g/mol. The third-order valence-corrected chi connectivity index (χ3v) is 7.06. The number of carbonyl (C=O) groups is 1. The molecule has 6 heteroatoms. The van der Waals surface area contributed by atoms with Gasteiger partial charge >= 0.3 is 0 Å². The van der Waals surface area contributed by atoms with Gasteiger partial charge in [0.05, 0.1) is 25.6 Å². The molecule has 0 unspecified atom stereocenters. The fraction of sp³-hybridized carbons (Fsp3) is 0.385. The second-order valence-corrected chi connectivity index (χ2v) is 9.50. The fourth-order valence-electron chi connectivity index (χ4n) is 4.28. The van der Waals surface area contributed by atoms with E-state index in [2.05, 4.69) is 38.1 Å². The molecule has 4 rings (SSSR count). The molecule has 5 nitrogen and oxygen atoms in total. The van der Waals surface area contributed by atoms with Crippen LogP contribution in [-0.4, -0.2) is 25.1 Å². The van der Waals surface area contributed by atoms with Gasteiger partial charge in [-0.3, -0.25) is 9.69 Å². The van der Waals surface area contributed by atoms with Crippen molar-refractivity contribution in [2.75, 3.05) is 19.1 Å². The summed E-state index contributed by atoms with van der Waals surface area (Å²) in [5.74, 6) is 1.38. The molecular formula is C26H30N2O3S. The van der Waals surface area contributed by atoms with Gasteiger partial charge in [-0.2, -0.15) is 0 Å². The molecule has 0 atom stereocenters. The van der Waals surface area contributed by atoms with Crippen molar-refractivity contribution in [1.29, 1.82) is 0 Å². The van der Waals surface area contributed by atoms with E-state index >= 15 is 0 Å². The number of ether oxygens (including phenoxy) is 2. The Kier molecular flexibility index (Phi) is 6.80. The maximum atomic E-state index is 13.8. The van der Waals surface area contributed by atoms with Crippen LogP contribution in [0, 0.1) is 19.8 Å². The highest BCUT2D eigenvalue weighted by atomic mass is 32.1. The van der Waals surface area contributed by atoms with Gasteiger partial charge in [0.25, 0.3) is 0 Å². The zero-order chi connectivity index (χ0) is 22.7. The Balaban J connectivity index is 1.80. The van der Waals surface area contributed by atoms with E-state index in [1.807, 2.05) is 18.2 Å². The molecule has 2 aromatic carbocycles. The first-order chi connectivity index (χ1) is 15.5. The first kappa shape index (κ1) is 22.3. The summed E-state index contributed by atoms with van der Waals surface area (Å²) in [7, 11) is 3.24. The fourth-order valence-corrected chi connectivity index (χ4v) is 5.23. The number of amides is 1. The summed E-state index contributed by atoms with van der Waals surface area (Å²) in [6.07, 6.45) is 5.22. The average Bonchev–Trinajstić information content (AvgIpc) is 3.21. The highest BCUT2D eigenvalue weighted by Crippen LogP contribution is 2.42. The molecule has 1 aliphatic carbocycles. The number of hydrogen-bond acceptors (Lipinski definition) is 5. The molecule has 0 N–H and O–H groups in total. The van der Waals surface area contributed by atoms with Crippen LogP contribution in [0.4, 0.5) is 10.8 Å². The van der Waals surface area contributed by atoms with Crippen molar-refractivity contribution in [2.45, 2.75) is 46.0 Å². The number of hydrogen-bond donors (Lipinski definition) is 0. The van der Waals surface area contributed by atoms with Gasteiger partial charge in [0.1, 0.15) is 11.5 Å². The third kappa shape index (κ3) is 4.51. The maximum Gasteiger partial charge on any atom is 0.236 e. The molecule has 1 aliphatic rings. The van der Waals surface area contributed by atoms with Crippen LogP contribution in [0.3, 0.4) is 0 Å².